The van der Waals surface area contributed by atoms with E-state index < -0.39 is 0 Å². The van der Waals surface area contributed by atoms with E-state index in [2.05, 4.69) is 43.0 Å². The summed E-state index contributed by atoms with van der Waals surface area (Å²) in [4.78, 5) is 15.0. The molecule has 0 radical (unpaired) electrons. The van der Waals surface area contributed by atoms with E-state index in [9.17, 15) is 4.79 Å². The third-order valence-corrected chi connectivity index (χ3v) is 4.16. The summed E-state index contributed by atoms with van der Waals surface area (Å²) in [6, 6.07) is 1.62. The molecule has 1 aromatic heterocycles. The summed E-state index contributed by atoms with van der Waals surface area (Å²) < 4.78 is 12.6. The predicted octanol–water partition coefficient (Wildman–Crippen LogP) is 1.60. The lowest BCUT2D eigenvalue weighted by Crippen LogP contribution is -2.55. The van der Waals surface area contributed by atoms with Crippen LogP contribution in [0.5, 0.6) is 0 Å². The minimum Gasteiger partial charge on any atom is -0.383 e. The molecule has 0 saturated carbocycles. The van der Waals surface area contributed by atoms with E-state index in [4.69, 9.17) is 9.47 Å². The van der Waals surface area contributed by atoms with Crippen molar-refractivity contribution in [1.29, 1.82) is 0 Å². The maximum atomic E-state index is 12.8. The van der Waals surface area contributed by atoms with Gasteiger partial charge < -0.3 is 14.8 Å². The molecule has 1 aromatic rings. The second-order valence-electron chi connectivity index (χ2n) is 6.85. The number of nitrogens with zero attached hydrogens (tertiary/aromatic N) is 3. The van der Waals surface area contributed by atoms with Crippen molar-refractivity contribution >= 4 is 11.7 Å². The van der Waals surface area contributed by atoms with Gasteiger partial charge in [-0.25, -0.2) is 0 Å². The largest absolute Gasteiger partial charge is 0.383 e. The summed E-state index contributed by atoms with van der Waals surface area (Å²) >= 11 is 0. The maximum absolute atomic E-state index is 12.8. The van der Waals surface area contributed by atoms with Crippen molar-refractivity contribution in [3.8, 4) is 0 Å². The van der Waals surface area contributed by atoms with E-state index in [0.29, 0.717) is 19.0 Å². The molecule has 0 unspecified atom stereocenters. The molecular weight excluding hydrogens is 308 g/mol. The Morgan fingerprint density at radius 2 is 2.08 bits per heavy atom. The fourth-order valence-electron chi connectivity index (χ4n) is 3.27. The summed E-state index contributed by atoms with van der Waals surface area (Å²) in [5.74, 6) is 0.775. The van der Waals surface area contributed by atoms with Crippen LogP contribution in [0, 0.1) is 5.92 Å². The molecule has 1 fully saturated rings. The zero-order valence-electron chi connectivity index (χ0n) is 15.4. The van der Waals surface area contributed by atoms with Crippen LogP contribution in [-0.2, 0) is 20.8 Å². The minimum atomic E-state index is -0.192. The van der Waals surface area contributed by atoms with E-state index in [1.54, 1.807) is 11.8 Å². The highest BCUT2D eigenvalue weighted by atomic mass is 16.5. The zero-order chi connectivity index (χ0) is 17.7. The molecule has 1 N–H and O–H groups in total. The molecule has 3 atom stereocenters. The molecule has 7 heteroatoms. The van der Waals surface area contributed by atoms with Gasteiger partial charge in [0.25, 0.3) is 0 Å². The van der Waals surface area contributed by atoms with Gasteiger partial charge in [0.2, 0.25) is 5.91 Å². The lowest BCUT2D eigenvalue weighted by atomic mass is 9.99. The molecule has 7 nitrogen and oxygen atoms in total. The molecule has 2 heterocycles. The van der Waals surface area contributed by atoms with Crippen LogP contribution in [0.4, 0.5) is 5.82 Å². The van der Waals surface area contributed by atoms with Crippen molar-refractivity contribution in [3.05, 3.63) is 12.3 Å². The third-order valence-electron chi connectivity index (χ3n) is 4.16. The first-order valence-electron chi connectivity index (χ1n) is 8.63. The number of rotatable bonds is 7. The second-order valence-corrected chi connectivity index (χ2v) is 6.85. The first-order valence-corrected chi connectivity index (χ1v) is 8.63. The number of amides is 1. The predicted molar refractivity (Wildman–Crippen MR) is 92.9 cm³/mol. The van der Waals surface area contributed by atoms with Gasteiger partial charge in [0, 0.05) is 32.5 Å². The van der Waals surface area contributed by atoms with Crippen molar-refractivity contribution in [2.24, 2.45) is 5.92 Å². The number of ether oxygens (including phenoxy) is 2. The molecule has 136 valence electrons. The van der Waals surface area contributed by atoms with Crippen LogP contribution >= 0.6 is 0 Å². The Bertz CT molecular complexity index is 522. The summed E-state index contributed by atoms with van der Waals surface area (Å²) in [5.41, 5.74) is 0. The van der Waals surface area contributed by atoms with E-state index in [1.807, 2.05) is 12.3 Å². The number of hydrogen-bond acceptors (Lipinski definition) is 5. The summed E-state index contributed by atoms with van der Waals surface area (Å²) in [7, 11) is 1.66. The van der Waals surface area contributed by atoms with Gasteiger partial charge in [0.05, 0.1) is 31.4 Å². The zero-order valence-corrected chi connectivity index (χ0v) is 15.4. The Hall–Kier alpha value is -1.44. The quantitative estimate of drug-likeness (QED) is 0.818. The van der Waals surface area contributed by atoms with E-state index in [1.165, 1.54) is 0 Å². The van der Waals surface area contributed by atoms with Crippen molar-refractivity contribution in [1.82, 2.24) is 14.7 Å². The first kappa shape index (κ1) is 18.9. The Balaban J connectivity index is 2.02. The number of carbonyl (C=O) groups excluding carboxylic acids is 1. The Kier molecular flexibility index (Phi) is 6.77. The lowest BCUT2D eigenvalue weighted by molar-refractivity contribution is -0.130. The van der Waals surface area contributed by atoms with Crippen LogP contribution < -0.4 is 5.32 Å². The Morgan fingerprint density at radius 3 is 2.67 bits per heavy atom. The van der Waals surface area contributed by atoms with Crippen molar-refractivity contribution in [2.75, 3.05) is 32.1 Å². The maximum Gasteiger partial charge on any atom is 0.243 e. The fourth-order valence-corrected chi connectivity index (χ4v) is 3.27. The van der Waals surface area contributed by atoms with Gasteiger partial charge in [-0.05, 0) is 19.8 Å². The highest BCUT2D eigenvalue weighted by Gasteiger charge is 2.34. The highest BCUT2D eigenvalue weighted by molar-refractivity contribution is 5.94. The number of morpholine rings is 1. The molecule has 0 aliphatic carbocycles. The second kappa shape index (κ2) is 8.60. The molecule has 1 saturated heterocycles. The molecule has 1 aliphatic heterocycles. The molecular formula is C17H30N4O3. The van der Waals surface area contributed by atoms with Gasteiger partial charge in [-0.1, -0.05) is 13.8 Å². The molecule has 1 amide bonds. The van der Waals surface area contributed by atoms with Crippen molar-refractivity contribution < 1.29 is 14.3 Å². The average Bonchev–Trinajstić information content (AvgIpc) is 2.91. The summed E-state index contributed by atoms with van der Waals surface area (Å²) in [6.45, 7) is 11.0. The topological polar surface area (TPSA) is 68.6 Å². The van der Waals surface area contributed by atoms with Crippen LogP contribution in [0.1, 0.15) is 27.7 Å². The monoisotopic (exact) mass is 338 g/mol. The van der Waals surface area contributed by atoms with Crippen LogP contribution in [0.2, 0.25) is 0 Å². The van der Waals surface area contributed by atoms with Crippen LogP contribution in [0.3, 0.4) is 0 Å². The molecule has 0 aromatic carbocycles. The average molecular weight is 338 g/mol. The number of aromatic nitrogens is 2. The van der Waals surface area contributed by atoms with Gasteiger partial charge in [0.1, 0.15) is 0 Å². The van der Waals surface area contributed by atoms with E-state index in [-0.39, 0.29) is 30.1 Å². The number of methoxy groups -OCH3 is 1. The van der Waals surface area contributed by atoms with E-state index >= 15 is 0 Å². The Labute approximate surface area is 144 Å². The van der Waals surface area contributed by atoms with Gasteiger partial charge in [-0.3, -0.25) is 14.4 Å². The molecule has 0 spiro atoms. The molecule has 2 rings (SSSR count). The number of hydrogen-bond donors (Lipinski definition) is 1. The molecule has 24 heavy (non-hydrogen) atoms. The van der Waals surface area contributed by atoms with Crippen LogP contribution in [0.15, 0.2) is 12.3 Å². The minimum absolute atomic E-state index is 0.0108. The fraction of sp³-hybridized carbons (Fsp3) is 0.765. The van der Waals surface area contributed by atoms with Crippen molar-refractivity contribution in [2.45, 2.75) is 52.5 Å². The van der Waals surface area contributed by atoms with Crippen LogP contribution in [0.25, 0.3) is 0 Å². The Morgan fingerprint density at radius 1 is 1.42 bits per heavy atom. The smallest absolute Gasteiger partial charge is 0.243 e. The van der Waals surface area contributed by atoms with Crippen molar-refractivity contribution in [3.63, 3.8) is 0 Å². The van der Waals surface area contributed by atoms with Crippen LogP contribution in [-0.4, -0.2) is 65.6 Å². The SMILES string of the molecule is COCCn1ccc(NC(=O)[C@H](C(C)C)N2C[C@@H](C)O[C@@H](C)C2)n1. The van der Waals surface area contributed by atoms with Gasteiger partial charge >= 0.3 is 0 Å². The van der Waals surface area contributed by atoms with E-state index in [0.717, 1.165) is 13.1 Å². The lowest BCUT2D eigenvalue weighted by Gasteiger charge is -2.40. The summed E-state index contributed by atoms with van der Waals surface area (Å²) in [6.07, 6.45) is 2.12. The molecule has 1 aliphatic rings. The number of carbonyl (C=O) groups is 1. The highest BCUT2D eigenvalue weighted by Crippen LogP contribution is 2.20. The van der Waals surface area contributed by atoms with Gasteiger partial charge in [-0.2, -0.15) is 5.10 Å². The standard InChI is InChI=1S/C17H30N4O3/c1-12(2)16(20-10-13(3)24-14(4)11-20)17(22)18-15-6-7-21(19-15)8-9-23-5/h6-7,12-14,16H,8-11H2,1-5H3,(H,18,19,22)/t13-,14+,16-/m0/s1. The van der Waals surface area contributed by atoms with Gasteiger partial charge in [0.15, 0.2) is 5.82 Å². The third kappa shape index (κ3) is 5.03. The first-order chi connectivity index (χ1) is 11.4. The number of nitrogens with one attached hydrogen (secondary N) is 1. The normalized spacial score (nSPS) is 23.4. The van der Waals surface area contributed by atoms with Gasteiger partial charge in [-0.15, -0.1) is 0 Å². The molecule has 0 bridgehead atoms. The summed E-state index contributed by atoms with van der Waals surface area (Å²) in [5, 5.41) is 7.32. The number of anilines is 1.